The first-order chi connectivity index (χ1) is 6.27. The number of rotatable bonds is 4. The number of hydrogen-bond donors (Lipinski definition) is 1. The molecule has 0 radical (unpaired) electrons. The summed E-state index contributed by atoms with van der Waals surface area (Å²) in [6.45, 7) is 2.28. The lowest BCUT2D eigenvalue weighted by Gasteiger charge is -2.23. The fraction of sp³-hybridized carbons (Fsp3) is 0.667. The minimum absolute atomic E-state index is 0.209. The SMILES string of the molecule is CCCO[C@@H]1C=CC(=O)[C@@H](CO)O1. The Morgan fingerprint density at radius 1 is 1.69 bits per heavy atom. The molecular weight excluding hydrogens is 172 g/mol. The van der Waals surface area contributed by atoms with Crippen LogP contribution in [0.25, 0.3) is 0 Å². The van der Waals surface area contributed by atoms with Crippen molar-refractivity contribution in [2.75, 3.05) is 13.2 Å². The molecule has 4 nitrogen and oxygen atoms in total. The van der Waals surface area contributed by atoms with Crippen LogP contribution in [0.2, 0.25) is 0 Å². The van der Waals surface area contributed by atoms with E-state index in [9.17, 15) is 4.79 Å². The third-order valence-corrected chi connectivity index (χ3v) is 1.69. The molecule has 0 saturated carbocycles. The maximum absolute atomic E-state index is 11.0. The second kappa shape index (κ2) is 5.11. The molecule has 1 aliphatic rings. The summed E-state index contributed by atoms with van der Waals surface area (Å²) < 4.78 is 10.4. The number of ether oxygens (including phenoxy) is 2. The molecule has 0 unspecified atom stereocenters. The highest BCUT2D eigenvalue weighted by atomic mass is 16.7. The molecule has 0 bridgehead atoms. The van der Waals surface area contributed by atoms with E-state index in [1.54, 1.807) is 6.08 Å². The lowest BCUT2D eigenvalue weighted by Crippen LogP contribution is -2.35. The van der Waals surface area contributed by atoms with Gasteiger partial charge in [0.2, 0.25) is 0 Å². The maximum atomic E-state index is 11.0. The molecule has 0 aromatic rings. The third kappa shape index (κ3) is 2.91. The first kappa shape index (κ1) is 10.4. The van der Waals surface area contributed by atoms with Crippen LogP contribution in [0.4, 0.5) is 0 Å². The predicted octanol–water partition coefficient (Wildman–Crippen LogP) is 0.255. The Morgan fingerprint density at radius 2 is 2.46 bits per heavy atom. The first-order valence-corrected chi connectivity index (χ1v) is 4.38. The summed E-state index contributed by atoms with van der Waals surface area (Å²) in [7, 11) is 0. The number of ketones is 1. The van der Waals surface area contributed by atoms with E-state index in [2.05, 4.69) is 0 Å². The molecular formula is C9H14O4. The Kier molecular flexibility index (Phi) is 4.08. The molecule has 13 heavy (non-hydrogen) atoms. The highest BCUT2D eigenvalue weighted by Crippen LogP contribution is 2.10. The van der Waals surface area contributed by atoms with Crippen molar-refractivity contribution in [3.05, 3.63) is 12.2 Å². The van der Waals surface area contributed by atoms with Gasteiger partial charge in [0.25, 0.3) is 0 Å². The Bertz CT molecular complexity index is 200. The van der Waals surface area contributed by atoms with Crippen molar-refractivity contribution >= 4 is 5.78 Å². The lowest BCUT2D eigenvalue weighted by atomic mass is 10.2. The van der Waals surface area contributed by atoms with Crippen LogP contribution >= 0.6 is 0 Å². The van der Waals surface area contributed by atoms with Gasteiger partial charge in [0, 0.05) is 6.61 Å². The highest BCUT2D eigenvalue weighted by Gasteiger charge is 2.24. The van der Waals surface area contributed by atoms with Crippen LogP contribution in [0.15, 0.2) is 12.2 Å². The fourth-order valence-corrected chi connectivity index (χ4v) is 1.02. The zero-order valence-electron chi connectivity index (χ0n) is 7.60. The summed E-state index contributed by atoms with van der Waals surface area (Å²) in [4.78, 5) is 11.0. The van der Waals surface area contributed by atoms with E-state index in [1.165, 1.54) is 6.08 Å². The van der Waals surface area contributed by atoms with E-state index < -0.39 is 12.4 Å². The minimum Gasteiger partial charge on any atom is -0.393 e. The normalized spacial score (nSPS) is 28.0. The summed E-state index contributed by atoms with van der Waals surface area (Å²) in [6.07, 6.45) is 2.60. The average Bonchev–Trinajstić information content (AvgIpc) is 2.16. The van der Waals surface area contributed by atoms with E-state index in [0.29, 0.717) is 6.61 Å². The van der Waals surface area contributed by atoms with E-state index in [-0.39, 0.29) is 12.4 Å². The molecule has 0 saturated heterocycles. The second-order valence-electron chi connectivity index (χ2n) is 2.81. The molecule has 2 atom stereocenters. The molecule has 0 aromatic heterocycles. The smallest absolute Gasteiger partial charge is 0.186 e. The molecule has 1 N–H and O–H groups in total. The zero-order valence-corrected chi connectivity index (χ0v) is 7.60. The van der Waals surface area contributed by atoms with Crippen molar-refractivity contribution in [1.29, 1.82) is 0 Å². The van der Waals surface area contributed by atoms with Gasteiger partial charge < -0.3 is 14.6 Å². The van der Waals surface area contributed by atoms with Gasteiger partial charge in [-0.25, -0.2) is 0 Å². The number of aliphatic hydroxyl groups is 1. The monoisotopic (exact) mass is 186 g/mol. The van der Waals surface area contributed by atoms with Crippen molar-refractivity contribution in [2.24, 2.45) is 0 Å². The van der Waals surface area contributed by atoms with Gasteiger partial charge in [-0.1, -0.05) is 6.92 Å². The van der Waals surface area contributed by atoms with Crippen LogP contribution in [0.1, 0.15) is 13.3 Å². The van der Waals surface area contributed by atoms with Crippen LogP contribution in [0.3, 0.4) is 0 Å². The Labute approximate surface area is 77.1 Å². The van der Waals surface area contributed by atoms with Crippen molar-refractivity contribution in [3.8, 4) is 0 Å². The van der Waals surface area contributed by atoms with Crippen LogP contribution in [0.5, 0.6) is 0 Å². The quantitative estimate of drug-likeness (QED) is 0.684. The van der Waals surface area contributed by atoms with Gasteiger partial charge in [-0.2, -0.15) is 0 Å². The maximum Gasteiger partial charge on any atom is 0.186 e. The van der Waals surface area contributed by atoms with Crippen LogP contribution in [0, 0.1) is 0 Å². The van der Waals surface area contributed by atoms with Gasteiger partial charge in [-0.05, 0) is 18.6 Å². The second-order valence-corrected chi connectivity index (χ2v) is 2.81. The highest BCUT2D eigenvalue weighted by molar-refractivity contribution is 5.94. The summed E-state index contributed by atoms with van der Waals surface area (Å²) in [5.41, 5.74) is 0. The number of carbonyl (C=O) groups is 1. The van der Waals surface area contributed by atoms with Crippen molar-refractivity contribution in [3.63, 3.8) is 0 Å². The largest absolute Gasteiger partial charge is 0.393 e. The van der Waals surface area contributed by atoms with Crippen molar-refractivity contribution in [1.82, 2.24) is 0 Å². The van der Waals surface area contributed by atoms with E-state index in [1.807, 2.05) is 6.92 Å². The van der Waals surface area contributed by atoms with E-state index in [0.717, 1.165) is 6.42 Å². The molecule has 74 valence electrons. The first-order valence-electron chi connectivity index (χ1n) is 4.38. The fourth-order valence-electron chi connectivity index (χ4n) is 1.02. The molecule has 4 heteroatoms. The van der Waals surface area contributed by atoms with Gasteiger partial charge >= 0.3 is 0 Å². The zero-order chi connectivity index (χ0) is 9.68. The van der Waals surface area contributed by atoms with E-state index in [4.69, 9.17) is 14.6 Å². The predicted molar refractivity (Wildman–Crippen MR) is 46.1 cm³/mol. The van der Waals surface area contributed by atoms with Crippen LogP contribution in [-0.4, -0.2) is 36.5 Å². The minimum atomic E-state index is -0.758. The summed E-state index contributed by atoms with van der Waals surface area (Å²) >= 11 is 0. The summed E-state index contributed by atoms with van der Waals surface area (Å²) in [5.74, 6) is -0.209. The van der Waals surface area contributed by atoms with Gasteiger partial charge in [-0.15, -0.1) is 0 Å². The molecule has 1 rings (SSSR count). The molecule has 1 heterocycles. The van der Waals surface area contributed by atoms with Crippen LogP contribution in [-0.2, 0) is 14.3 Å². The topological polar surface area (TPSA) is 55.8 Å². The van der Waals surface area contributed by atoms with Crippen molar-refractivity contribution in [2.45, 2.75) is 25.7 Å². The Balaban J connectivity index is 2.43. The molecule has 0 amide bonds. The number of carbonyl (C=O) groups excluding carboxylic acids is 1. The Morgan fingerprint density at radius 3 is 3.08 bits per heavy atom. The van der Waals surface area contributed by atoms with Gasteiger partial charge in [0.1, 0.15) is 6.10 Å². The molecule has 0 spiro atoms. The summed E-state index contributed by atoms with van der Waals surface area (Å²) in [5, 5.41) is 8.77. The third-order valence-electron chi connectivity index (χ3n) is 1.69. The van der Waals surface area contributed by atoms with Gasteiger partial charge in [0.05, 0.1) is 6.61 Å². The molecule has 0 aromatic carbocycles. The van der Waals surface area contributed by atoms with Gasteiger partial charge in [0.15, 0.2) is 12.1 Å². The molecule has 0 fully saturated rings. The van der Waals surface area contributed by atoms with Gasteiger partial charge in [-0.3, -0.25) is 4.79 Å². The average molecular weight is 186 g/mol. The summed E-state index contributed by atoms with van der Waals surface area (Å²) in [6, 6.07) is 0. The molecule has 0 aliphatic carbocycles. The van der Waals surface area contributed by atoms with Crippen molar-refractivity contribution < 1.29 is 19.4 Å². The Hall–Kier alpha value is -0.710. The van der Waals surface area contributed by atoms with E-state index >= 15 is 0 Å². The number of aliphatic hydroxyl groups excluding tert-OH is 1. The standard InChI is InChI=1S/C9H14O4/c1-2-5-12-9-4-3-7(11)8(6-10)13-9/h3-4,8-10H,2,5-6H2,1H3/t8-,9+/m1/s1. The number of hydrogen-bond acceptors (Lipinski definition) is 4. The van der Waals surface area contributed by atoms with Crippen LogP contribution < -0.4 is 0 Å². The molecule has 1 aliphatic heterocycles. The lowest BCUT2D eigenvalue weighted by molar-refractivity contribution is -0.168.